The molecule has 0 atom stereocenters. The van der Waals surface area contributed by atoms with Crippen molar-refractivity contribution in [2.45, 2.75) is 19.8 Å². The van der Waals surface area contributed by atoms with Gasteiger partial charge in [-0.2, -0.15) is 0 Å². The number of thiophene rings is 1. The molecule has 24 heavy (non-hydrogen) atoms. The van der Waals surface area contributed by atoms with Gasteiger partial charge < -0.3 is 0 Å². The molecule has 0 aliphatic carbocycles. The number of halogens is 6. The first-order chi connectivity index (χ1) is 11.3. The van der Waals surface area contributed by atoms with Crippen LogP contribution in [-0.4, -0.2) is 5.78 Å². The second kappa shape index (κ2) is 7.57. The molecule has 0 aliphatic rings. The molecule has 1 aromatic heterocycles. The Kier molecular flexibility index (Phi) is 5.92. The number of rotatable bonds is 5. The normalized spacial score (nSPS) is 11.5. The number of hydrogen-bond donors (Lipinski definition) is 0. The van der Waals surface area contributed by atoms with Gasteiger partial charge in [0.15, 0.2) is 29.1 Å². The number of carbonyl (C=O) groups excluding carboxylic acids is 1. The minimum Gasteiger partial charge on any atom is -0.288 e. The van der Waals surface area contributed by atoms with E-state index in [0.29, 0.717) is 11.0 Å². The van der Waals surface area contributed by atoms with Crippen molar-refractivity contribution in [3.05, 3.63) is 61.0 Å². The minimum absolute atomic E-state index is 0.297. The highest BCUT2D eigenvalue weighted by Gasteiger charge is 2.24. The lowest BCUT2D eigenvalue weighted by Crippen LogP contribution is -2.04. The van der Waals surface area contributed by atoms with Gasteiger partial charge in [0.2, 0.25) is 5.82 Å². The summed E-state index contributed by atoms with van der Waals surface area (Å²) in [6.07, 6.45) is 2.99. The molecule has 2 rings (SSSR count). The number of benzene rings is 1. The van der Waals surface area contributed by atoms with Crippen LogP contribution in [0.15, 0.2) is 16.6 Å². The minimum atomic E-state index is -2.24. The van der Waals surface area contributed by atoms with Crippen molar-refractivity contribution in [1.82, 2.24) is 0 Å². The Labute approximate surface area is 146 Å². The van der Waals surface area contributed by atoms with Gasteiger partial charge in [0.25, 0.3) is 0 Å². The second-order valence-electron chi connectivity index (χ2n) is 4.81. The second-order valence-corrected chi connectivity index (χ2v) is 6.80. The van der Waals surface area contributed by atoms with Gasteiger partial charge in [-0.1, -0.05) is 13.3 Å². The van der Waals surface area contributed by atoms with Crippen LogP contribution in [-0.2, 0) is 6.42 Å². The Hall–Kier alpha value is -1.54. The van der Waals surface area contributed by atoms with Crippen LogP contribution in [0.2, 0.25) is 0 Å². The lowest BCUT2D eigenvalue weighted by atomic mass is 10.1. The first-order valence-corrected chi connectivity index (χ1v) is 8.40. The summed E-state index contributed by atoms with van der Waals surface area (Å²) >= 11 is 4.51. The number of hydrogen-bond acceptors (Lipinski definition) is 2. The first kappa shape index (κ1) is 18.8. The number of carbonyl (C=O) groups is 1. The van der Waals surface area contributed by atoms with Crippen molar-refractivity contribution in [3.8, 4) is 0 Å². The summed E-state index contributed by atoms with van der Waals surface area (Å²) < 4.78 is 67.0. The van der Waals surface area contributed by atoms with E-state index >= 15 is 0 Å². The Morgan fingerprint density at radius 3 is 2.17 bits per heavy atom. The molecule has 1 aromatic carbocycles. The van der Waals surface area contributed by atoms with Crippen LogP contribution in [0.1, 0.15) is 33.5 Å². The third-order valence-corrected chi connectivity index (χ3v) is 5.30. The van der Waals surface area contributed by atoms with E-state index in [2.05, 4.69) is 15.9 Å². The molecule has 0 saturated carbocycles. The Bertz CT molecular complexity index is 799. The summed E-state index contributed by atoms with van der Waals surface area (Å²) in [7, 11) is 0. The van der Waals surface area contributed by atoms with Gasteiger partial charge in [0.05, 0.1) is 10.4 Å². The molecule has 0 unspecified atom stereocenters. The molecule has 128 valence electrons. The van der Waals surface area contributed by atoms with Crippen molar-refractivity contribution in [2.24, 2.45) is 0 Å². The zero-order valence-electron chi connectivity index (χ0n) is 12.2. The van der Waals surface area contributed by atoms with E-state index in [0.717, 1.165) is 28.3 Å². The highest BCUT2D eigenvalue weighted by molar-refractivity contribution is 9.10. The summed E-state index contributed by atoms with van der Waals surface area (Å²) in [5, 5.41) is 0. The Morgan fingerprint density at radius 1 is 1.08 bits per heavy atom. The quantitative estimate of drug-likeness (QED) is 0.187. The summed E-state index contributed by atoms with van der Waals surface area (Å²) in [5.41, 5.74) is -1.15. The largest absolute Gasteiger partial charge is 0.288 e. The topological polar surface area (TPSA) is 17.1 Å². The molecule has 2 aromatic rings. The number of allylic oxidation sites excluding steroid dienone is 1. The maximum absolute atomic E-state index is 13.5. The number of aryl methyl sites for hydroxylation is 1. The Morgan fingerprint density at radius 2 is 1.62 bits per heavy atom. The van der Waals surface area contributed by atoms with Crippen LogP contribution < -0.4 is 0 Å². The molecule has 0 spiro atoms. The molecule has 0 aliphatic heterocycles. The lowest BCUT2D eigenvalue weighted by molar-refractivity contribution is 0.105. The van der Waals surface area contributed by atoms with Crippen LogP contribution in [0.3, 0.4) is 0 Å². The van der Waals surface area contributed by atoms with Crippen molar-refractivity contribution in [3.63, 3.8) is 0 Å². The SMILES string of the molecule is CCCc1sc(C(=O)/C=C/c2c(F)c(F)c(F)c(F)c2F)cc1Br. The average Bonchev–Trinajstić information content (AvgIpc) is 2.92. The van der Waals surface area contributed by atoms with Crippen LogP contribution >= 0.6 is 27.3 Å². The van der Waals surface area contributed by atoms with Crippen molar-refractivity contribution in [1.29, 1.82) is 0 Å². The van der Waals surface area contributed by atoms with E-state index in [1.807, 2.05) is 6.92 Å². The average molecular weight is 425 g/mol. The van der Waals surface area contributed by atoms with E-state index in [1.54, 1.807) is 6.07 Å². The molecule has 0 radical (unpaired) electrons. The van der Waals surface area contributed by atoms with E-state index < -0.39 is 40.4 Å². The maximum atomic E-state index is 13.5. The van der Waals surface area contributed by atoms with E-state index in [1.165, 1.54) is 11.3 Å². The van der Waals surface area contributed by atoms with E-state index in [9.17, 15) is 26.7 Å². The van der Waals surface area contributed by atoms with Gasteiger partial charge in [-0.25, -0.2) is 22.0 Å². The van der Waals surface area contributed by atoms with Gasteiger partial charge in [-0.05, 0) is 40.6 Å². The third kappa shape index (κ3) is 3.59. The zero-order valence-corrected chi connectivity index (χ0v) is 14.6. The summed E-state index contributed by atoms with van der Waals surface area (Å²) in [6, 6.07) is 1.56. The van der Waals surface area contributed by atoms with Crippen molar-refractivity contribution < 1.29 is 26.7 Å². The Balaban J connectivity index is 2.35. The lowest BCUT2D eigenvalue weighted by Gasteiger charge is -2.03. The molecule has 0 bridgehead atoms. The van der Waals surface area contributed by atoms with Gasteiger partial charge in [0, 0.05) is 9.35 Å². The molecule has 0 fully saturated rings. The predicted molar refractivity (Wildman–Crippen MR) is 85.6 cm³/mol. The van der Waals surface area contributed by atoms with Crippen molar-refractivity contribution in [2.75, 3.05) is 0 Å². The van der Waals surface area contributed by atoms with E-state index in [4.69, 9.17) is 0 Å². The fourth-order valence-corrected chi connectivity index (χ4v) is 3.83. The van der Waals surface area contributed by atoms with Crippen molar-refractivity contribution >= 4 is 39.1 Å². The van der Waals surface area contributed by atoms with Gasteiger partial charge in [-0.15, -0.1) is 11.3 Å². The third-order valence-electron chi connectivity index (χ3n) is 3.12. The molecule has 0 N–H and O–H groups in total. The molecular formula is C16H10BrF5OS. The molecule has 1 nitrogen and oxygen atoms in total. The van der Waals surface area contributed by atoms with E-state index in [-0.39, 0.29) is 0 Å². The molecule has 1 heterocycles. The summed E-state index contributed by atoms with van der Waals surface area (Å²) in [4.78, 5) is 13.3. The van der Waals surface area contributed by atoms with Crippen LogP contribution in [0.25, 0.3) is 6.08 Å². The van der Waals surface area contributed by atoms with Gasteiger partial charge in [0.1, 0.15) is 0 Å². The number of ketones is 1. The smallest absolute Gasteiger partial charge is 0.200 e. The van der Waals surface area contributed by atoms with Crippen LogP contribution in [0, 0.1) is 29.1 Å². The molecule has 0 saturated heterocycles. The maximum Gasteiger partial charge on any atom is 0.200 e. The monoisotopic (exact) mass is 424 g/mol. The van der Waals surface area contributed by atoms with Gasteiger partial charge >= 0.3 is 0 Å². The highest BCUT2D eigenvalue weighted by atomic mass is 79.9. The van der Waals surface area contributed by atoms with Crippen LogP contribution in [0.4, 0.5) is 22.0 Å². The summed E-state index contributed by atoms with van der Waals surface area (Å²) in [5.74, 6) is -10.9. The molecule has 8 heteroatoms. The molecule has 0 amide bonds. The predicted octanol–water partition coefficient (Wildman–Crippen LogP) is 6.05. The fourth-order valence-electron chi connectivity index (χ4n) is 1.93. The summed E-state index contributed by atoms with van der Waals surface area (Å²) in [6.45, 7) is 1.97. The standard InChI is InChI=1S/C16H10BrF5OS/c1-2-3-10-8(17)6-11(24-10)9(23)5-4-7-12(18)14(20)16(22)15(21)13(7)19/h4-6H,2-3H2,1H3/b5-4+. The van der Waals surface area contributed by atoms with Gasteiger partial charge in [-0.3, -0.25) is 4.79 Å². The zero-order chi connectivity index (χ0) is 18.0. The fraction of sp³-hybridized carbons (Fsp3) is 0.188. The highest BCUT2D eigenvalue weighted by Crippen LogP contribution is 2.30. The first-order valence-electron chi connectivity index (χ1n) is 6.79. The molecular weight excluding hydrogens is 415 g/mol. The van der Waals surface area contributed by atoms with Crippen LogP contribution in [0.5, 0.6) is 0 Å².